The SMILES string of the molecule is COC(=O)C1(Cn2ccc(C)cc2=O)CC1. The van der Waals surface area contributed by atoms with Crippen molar-refractivity contribution in [2.45, 2.75) is 26.3 Å². The van der Waals surface area contributed by atoms with Gasteiger partial charge < -0.3 is 9.30 Å². The van der Waals surface area contributed by atoms with E-state index in [4.69, 9.17) is 4.74 Å². The van der Waals surface area contributed by atoms with E-state index in [2.05, 4.69) is 0 Å². The van der Waals surface area contributed by atoms with Crippen LogP contribution in [-0.4, -0.2) is 17.6 Å². The van der Waals surface area contributed by atoms with E-state index in [1.54, 1.807) is 16.8 Å². The van der Waals surface area contributed by atoms with Crippen LogP contribution in [0, 0.1) is 12.3 Å². The molecule has 86 valence electrons. The van der Waals surface area contributed by atoms with Gasteiger partial charge in [0.2, 0.25) is 0 Å². The summed E-state index contributed by atoms with van der Waals surface area (Å²) in [5.41, 5.74) is 0.424. The van der Waals surface area contributed by atoms with Crippen molar-refractivity contribution < 1.29 is 9.53 Å². The summed E-state index contributed by atoms with van der Waals surface area (Å²) >= 11 is 0. The first-order chi connectivity index (χ1) is 7.57. The molecule has 0 radical (unpaired) electrons. The number of methoxy groups -OCH3 is 1. The third-order valence-electron chi connectivity index (χ3n) is 3.10. The van der Waals surface area contributed by atoms with E-state index in [1.165, 1.54) is 7.11 Å². The van der Waals surface area contributed by atoms with Crippen molar-refractivity contribution in [1.29, 1.82) is 0 Å². The van der Waals surface area contributed by atoms with Gasteiger partial charge in [0.05, 0.1) is 12.5 Å². The minimum absolute atomic E-state index is 0.0600. The quantitative estimate of drug-likeness (QED) is 0.718. The van der Waals surface area contributed by atoms with Gasteiger partial charge in [-0.25, -0.2) is 0 Å². The summed E-state index contributed by atoms with van der Waals surface area (Å²) in [4.78, 5) is 23.2. The van der Waals surface area contributed by atoms with Gasteiger partial charge in [-0.2, -0.15) is 0 Å². The number of carbonyl (C=O) groups is 1. The zero-order valence-electron chi connectivity index (χ0n) is 9.53. The molecule has 2 rings (SSSR count). The summed E-state index contributed by atoms with van der Waals surface area (Å²) in [6, 6.07) is 3.45. The van der Waals surface area contributed by atoms with Gasteiger partial charge in [-0.1, -0.05) is 0 Å². The highest BCUT2D eigenvalue weighted by Gasteiger charge is 2.51. The molecule has 1 aromatic heterocycles. The second-order valence-corrected chi connectivity index (χ2v) is 4.44. The zero-order chi connectivity index (χ0) is 11.8. The lowest BCUT2D eigenvalue weighted by molar-refractivity contribution is -0.147. The molecule has 4 nitrogen and oxygen atoms in total. The first kappa shape index (κ1) is 10.9. The molecule has 1 aliphatic rings. The van der Waals surface area contributed by atoms with Crippen LogP contribution in [0.3, 0.4) is 0 Å². The molecule has 1 fully saturated rings. The molecule has 0 aromatic carbocycles. The number of aromatic nitrogens is 1. The van der Waals surface area contributed by atoms with E-state index < -0.39 is 5.41 Å². The molecule has 0 atom stereocenters. The maximum atomic E-state index is 11.7. The minimum Gasteiger partial charge on any atom is -0.469 e. The van der Waals surface area contributed by atoms with Gasteiger partial charge in [-0.3, -0.25) is 9.59 Å². The molecule has 1 aromatic rings. The maximum Gasteiger partial charge on any atom is 0.313 e. The number of aryl methyl sites for hydroxylation is 1. The van der Waals surface area contributed by atoms with Gasteiger partial charge in [-0.05, 0) is 31.4 Å². The summed E-state index contributed by atoms with van der Waals surface area (Å²) in [5, 5.41) is 0. The Morgan fingerprint density at radius 1 is 1.56 bits per heavy atom. The highest BCUT2D eigenvalue weighted by atomic mass is 16.5. The third-order valence-corrected chi connectivity index (χ3v) is 3.10. The van der Waals surface area contributed by atoms with Gasteiger partial charge in [-0.15, -0.1) is 0 Å². The zero-order valence-corrected chi connectivity index (χ0v) is 9.53. The first-order valence-corrected chi connectivity index (χ1v) is 5.33. The lowest BCUT2D eigenvalue weighted by Gasteiger charge is -2.14. The molecule has 1 aliphatic carbocycles. The van der Waals surface area contributed by atoms with Crippen molar-refractivity contribution in [2.75, 3.05) is 7.11 Å². The van der Waals surface area contributed by atoms with Crippen LogP contribution in [0.25, 0.3) is 0 Å². The number of rotatable bonds is 3. The third kappa shape index (κ3) is 1.87. The van der Waals surface area contributed by atoms with E-state index in [0.29, 0.717) is 6.54 Å². The fourth-order valence-corrected chi connectivity index (χ4v) is 1.86. The predicted molar refractivity (Wildman–Crippen MR) is 59.1 cm³/mol. The second-order valence-electron chi connectivity index (χ2n) is 4.44. The van der Waals surface area contributed by atoms with Crippen molar-refractivity contribution >= 4 is 5.97 Å². The number of esters is 1. The lowest BCUT2D eigenvalue weighted by Crippen LogP contribution is -2.29. The molecule has 0 amide bonds. The Kier molecular flexibility index (Phi) is 2.58. The van der Waals surface area contributed by atoms with Crippen LogP contribution in [0.4, 0.5) is 0 Å². The maximum absolute atomic E-state index is 11.7. The van der Waals surface area contributed by atoms with E-state index in [0.717, 1.165) is 18.4 Å². The van der Waals surface area contributed by atoms with Crippen LogP contribution in [-0.2, 0) is 16.1 Å². The average molecular weight is 221 g/mol. The minimum atomic E-state index is -0.451. The topological polar surface area (TPSA) is 48.3 Å². The summed E-state index contributed by atoms with van der Waals surface area (Å²) in [7, 11) is 1.39. The highest BCUT2D eigenvalue weighted by Crippen LogP contribution is 2.47. The number of carbonyl (C=O) groups excluding carboxylic acids is 1. The summed E-state index contributed by atoms with van der Waals surface area (Å²) in [6.07, 6.45) is 3.35. The molecule has 4 heteroatoms. The van der Waals surface area contributed by atoms with E-state index in [9.17, 15) is 9.59 Å². The van der Waals surface area contributed by atoms with Crippen molar-refractivity contribution in [1.82, 2.24) is 4.57 Å². The van der Waals surface area contributed by atoms with E-state index in [1.807, 2.05) is 13.0 Å². The Morgan fingerprint density at radius 2 is 2.25 bits per heavy atom. The van der Waals surface area contributed by atoms with Crippen molar-refractivity contribution in [3.8, 4) is 0 Å². The molecule has 0 spiro atoms. The second kappa shape index (κ2) is 3.77. The van der Waals surface area contributed by atoms with Crippen molar-refractivity contribution in [3.63, 3.8) is 0 Å². The monoisotopic (exact) mass is 221 g/mol. The van der Waals surface area contributed by atoms with Gasteiger partial charge in [0.15, 0.2) is 0 Å². The molecule has 0 unspecified atom stereocenters. The molecule has 0 saturated heterocycles. The van der Waals surface area contributed by atoms with E-state index in [-0.39, 0.29) is 11.5 Å². The standard InChI is InChI=1S/C12H15NO3/c1-9-3-6-13(10(14)7-9)8-12(4-5-12)11(15)16-2/h3,6-7H,4-5,8H2,1-2H3. The Bertz CT molecular complexity index is 471. The van der Waals surface area contributed by atoms with Crippen molar-refractivity contribution in [3.05, 3.63) is 34.2 Å². The molecular weight excluding hydrogens is 206 g/mol. The number of hydrogen-bond donors (Lipinski definition) is 0. The molecule has 1 heterocycles. The van der Waals surface area contributed by atoms with Crippen LogP contribution in [0.2, 0.25) is 0 Å². The average Bonchev–Trinajstić information content (AvgIpc) is 3.02. The molecule has 0 bridgehead atoms. The van der Waals surface area contributed by atoms with Crippen LogP contribution in [0.1, 0.15) is 18.4 Å². The normalized spacial score (nSPS) is 16.9. The summed E-state index contributed by atoms with van der Waals surface area (Å²) in [6.45, 7) is 2.30. The van der Waals surface area contributed by atoms with Crippen molar-refractivity contribution in [2.24, 2.45) is 5.41 Å². The Hall–Kier alpha value is -1.58. The van der Waals surface area contributed by atoms with Gasteiger partial charge in [0.1, 0.15) is 0 Å². The summed E-state index contributed by atoms with van der Waals surface area (Å²) in [5.74, 6) is -0.208. The molecule has 0 N–H and O–H groups in total. The molecular formula is C12H15NO3. The van der Waals surface area contributed by atoms with Gasteiger partial charge in [0, 0.05) is 18.8 Å². The van der Waals surface area contributed by atoms with E-state index >= 15 is 0 Å². The Morgan fingerprint density at radius 3 is 2.75 bits per heavy atom. The largest absolute Gasteiger partial charge is 0.469 e. The van der Waals surface area contributed by atoms with Crippen LogP contribution < -0.4 is 5.56 Å². The molecule has 16 heavy (non-hydrogen) atoms. The Balaban J connectivity index is 2.22. The predicted octanol–water partition coefficient (Wildman–Crippen LogP) is 1.11. The fourth-order valence-electron chi connectivity index (χ4n) is 1.86. The number of ether oxygens (including phenoxy) is 1. The van der Waals surface area contributed by atoms with Crippen LogP contribution >= 0.6 is 0 Å². The highest BCUT2D eigenvalue weighted by molar-refractivity contribution is 5.79. The lowest BCUT2D eigenvalue weighted by atomic mass is 10.1. The summed E-state index contributed by atoms with van der Waals surface area (Å²) < 4.78 is 6.34. The number of nitrogens with zero attached hydrogens (tertiary/aromatic N) is 1. The smallest absolute Gasteiger partial charge is 0.313 e. The molecule has 0 aliphatic heterocycles. The molecule has 1 saturated carbocycles. The Labute approximate surface area is 93.8 Å². The number of hydrogen-bond acceptors (Lipinski definition) is 3. The number of pyridine rings is 1. The van der Waals surface area contributed by atoms with Gasteiger partial charge in [0.25, 0.3) is 5.56 Å². The fraction of sp³-hybridized carbons (Fsp3) is 0.500. The van der Waals surface area contributed by atoms with Gasteiger partial charge >= 0.3 is 5.97 Å². The first-order valence-electron chi connectivity index (χ1n) is 5.33. The van der Waals surface area contributed by atoms with Crippen LogP contribution in [0.5, 0.6) is 0 Å². The van der Waals surface area contributed by atoms with Crippen LogP contribution in [0.15, 0.2) is 23.1 Å².